The van der Waals surface area contributed by atoms with E-state index in [0.29, 0.717) is 5.69 Å². The predicted octanol–water partition coefficient (Wildman–Crippen LogP) is 0.339. The fourth-order valence-corrected chi connectivity index (χ4v) is 1.80. The third-order valence-corrected chi connectivity index (χ3v) is 2.81. The first kappa shape index (κ1) is 14.0. The number of fused-ring (bicyclic) bond motifs is 1. The average Bonchev–Trinajstić information content (AvgIpc) is 2.44. The molecule has 0 aliphatic carbocycles. The van der Waals surface area contributed by atoms with Crippen LogP contribution in [0.25, 0.3) is 10.9 Å². The number of carboxylic acid groups (broad SMARTS) is 1. The molecule has 0 spiro atoms. The van der Waals surface area contributed by atoms with Gasteiger partial charge in [-0.25, -0.2) is 4.79 Å². The summed E-state index contributed by atoms with van der Waals surface area (Å²) in [5.41, 5.74) is 1.32. The summed E-state index contributed by atoms with van der Waals surface area (Å²) in [4.78, 5) is 26.7. The Hall–Kier alpha value is -2.47. The predicted molar refractivity (Wildman–Crippen MR) is 72.1 cm³/mol. The SMILES string of the molecule is O=C(Cc1ccc2ccccc2n1)NC(CO)C(=O)O. The first-order valence-corrected chi connectivity index (χ1v) is 6.08. The number of nitrogens with zero attached hydrogens (tertiary/aromatic N) is 1. The second-order valence-corrected chi connectivity index (χ2v) is 4.31. The van der Waals surface area contributed by atoms with Crippen molar-refractivity contribution in [3.8, 4) is 0 Å². The lowest BCUT2D eigenvalue weighted by molar-refractivity contribution is -0.142. The molecule has 1 aromatic carbocycles. The van der Waals surface area contributed by atoms with E-state index in [4.69, 9.17) is 10.2 Å². The molecular weight excluding hydrogens is 260 g/mol. The summed E-state index contributed by atoms with van der Waals surface area (Å²) in [6, 6.07) is 9.79. The van der Waals surface area contributed by atoms with Gasteiger partial charge in [-0.1, -0.05) is 24.3 Å². The highest BCUT2D eigenvalue weighted by molar-refractivity contribution is 5.85. The largest absolute Gasteiger partial charge is 0.480 e. The summed E-state index contributed by atoms with van der Waals surface area (Å²) in [6.45, 7) is -0.647. The van der Waals surface area contributed by atoms with Crippen LogP contribution in [0.2, 0.25) is 0 Å². The molecule has 1 amide bonds. The summed E-state index contributed by atoms with van der Waals surface area (Å²) < 4.78 is 0. The summed E-state index contributed by atoms with van der Waals surface area (Å²) in [5, 5.41) is 20.8. The van der Waals surface area contributed by atoms with Gasteiger partial charge in [-0.3, -0.25) is 9.78 Å². The van der Waals surface area contributed by atoms with Crippen LogP contribution in [0, 0.1) is 0 Å². The van der Waals surface area contributed by atoms with E-state index >= 15 is 0 Å². The van der Waals surface area contributed by atoms with E-state index in [1.165, 1.54) is 0 Å². The number of aliphatic hydroxyl groups is 1. The molecule has 2 aromatic rings. The maximum absolute atomic E-state index is 11.7. The molecule has 0 aliphatic rings. The van der Waals surface area contributed by atoms with Crippen LogP contribution in [-0.4, -0.2) is 39.7 Å². The zero-order chi connectivity index (χ0) is 14.5. The van der Waals surface area contributed by atoms with Crippen LogP contribution in [0.1, 0.15) is 5.69 Å². The Morgan fingerprint density at radius 3 is 2.65 bits per heavy atom. The number of carbonyl (C=O) groups is 2. The van der Waals surface area contributed by atoms with Gasteiger partial charge in [0.25, 0.3) is 0 Å². The third kappa shape index (κ3) is 3.30. The molecule has 1 atom stereocenters. The summed E-state index contributed by atoms with van der Waals surface area (Å²) in [7, 11) is 0. The van der Waals surface area contributed by atoms with Crippen LogP contribution in [0.3, 0.4) is 0 Å². The molecule has 0 saturated carbocycles. The van der Waals surface area contributed by atoms with Crippen molar-refractivity contribution >= 4 is 22.8 Å². The molecular formula is C14H14N2O4. The average molecular weight is 274 g/mol. The van der Waals surface area contributed by atoms with Crippen molar-refractivity contribution in [3.63, 3.8) is 0 Å². The minimum absolute atomic E-state index is 0.0331. The van der Waals surface area contributed by atoms with Crippen LogP contribution in [0.15, 0.2) is 36.4 Å². The second-order valence-electron chi connectivity index (χ2n) is 4.31. The van der Waals surface area contributed by atoms with Gasteiger partial charge in [-0.15, -0.1) is 0 Å². The first-order chi connectivity index (χ1) is 9.60. The molecule has 0 aliphatic heterocycles. The number of aromatic nitrogens is 1. The van der Waals surface area contributed by atoms with Crippen molar-refractivity contribution in [1.29, 1.82) is 0 Å². The van der Waals surface area contributed by atoms with Gasteiger partial charge in [-0.2, -0.15) is 0 Å². The van der Waals surface area contributed by atoms with E-state index in [-0.39, 0.29) is 6.42 Å². The van der Waals surface area contributed by atoms with E-state index < -0.39 is 24.5 Å². The summed E-state index contributed by atoms with van der Waals surface area (Å²) in [6.07, 6.45) is -0.0331. The van der Waals surface area contributed by atoms with Crippen molar-refractivity contribution in [2.45, 2.75) is 12.5 Å². The topological polar surface area (TPSA) is 99.5 Å². The number of pyridine rings is 1. The van der Waals surface area contributed by atoms with Gasteiger partial charge in [0, 0.05) is 5.39 Å². The summed E-state index contributed by atoms with van der Waals surface area (Å²) in [5.74, 6) is -1.76. The Labute approximate surface area is 115 Å². The number of aliphatic carboxylic acids is 1. The molecule has 20 heavy (non-hydrogen) atoms. The zero-order valence-corrected chi connectivity index (χ0v) is 10.6. The number of aliphatic hydroxyl groups excluding tert-OH is 1. The minimum Gasteiger partial charge on any atom is -0.480 e. The summed E-state index contributed by atoms with van der Waals surface area (Å²) >= 11 is 0. The molecule has 0 fully saturated rings. The van der Waals surface area contributed by atoms with Crippen molar-refractivity contribution in [2.24, 2.45) is 0 Å². The quantitative estimate of drug-likeness (QED) is 0.730. The van der Waals surface area contributed by atoms with E-state index in [9.17, 15) is 9.59 Å². The fraction of sp³-hybridized carbons (Fsp3) is 0.214. The first-order valence-electron chi connectivity index (χ1n) is 6.08. The third-order valence-electron chi connectivity index (χ3n) is 2.81. The van der Waals surface area contributed by atoms with Gasteiger partial charge in [0.2, 0.25) is 5.91 Å². The number of hydrogen-bond donors (Lipinski definition) is 3. The van der Waals surface area contributed by atoms with Gasteiger partial charge in [0.05, 0.1) is 24.2 Å². The number of carbonyl (C=O) groups excluding carboxylic acids is 1. The number of amides is 1. The zero-order valence-electron chi connectivity index (χ0n) is 10.6. The Bertz CT molecular complexity index is 642. The van der Waals surface area contributed by atoms with E-state index in [0.717, 1.165) is 10.9 Å². The smallest absolute Gasteiger partial charge is 0.328 e. The lowest BCUT2D eigenvalue weighted by Crippen LogP contribution is -2.44. The van der Waals surface area contributed by atoms with Crippen LogP contribution < -0.4 is 5.32 Å². The Morgan fingerprint density at radius 2 is 1.95 bits per heavy atom. The van der Waals surface area contributed by atoms with E-state index in [1.54, 1.807) is 6.07 Å². The van der Waals surface area contributed by atoms with E-state index in [1.807, 2.05) is 30.3 Å². The van der Waals surface area contributed by atoms with Gasteiger partial charge < -0.3 is 15.5 Å². The number of carboxylic acids is 1. The minimum atomic E-state index is -1.29. The molecule has 0 saturated heterocycles. The molecule has 2 rings (SSSR count). The lowest BCUT2D eigenvalue weighted by atomic mass is 10.1. The van der Waals surface area contributed by atoms with Gasteiger partial charge in [0.15, 0.2) is 0 Å². The van der Waals surface area contributed by atoms with Crippen molar-refractivity contribution in [2.75, 3.05) is 6.61 Å². The van der Waals surface area contributed by atoms with Crippen LogP contribution >= 0.6 is 0 Å². The molecule has 1 aromatic heterocycles. The Balaban J connectivity index is 2.07. The van der Waals surface area contributed by atoms with E-state index in [2.05, 4.69) is 10.3 Å². The molecule has 0 radical (unpaired) electrons. The monoisotopic (exact) mass is 274 g/mol. The number of nitrogens with one attached hydrogen (secondary N) is 1. The maximum atomic E-state index is 11.7. The molecule has 0 bridgehead atoms. The molecule has 1 unspecified atom stereocenters. The Kier molecular flexibility index (Phi) is 4.27. The van der Waals surface area contributed by atoms with Gasteiger partial charge in [-0.05, 0) is 12.1 Å². The van der Waals surface area contributed by atoms with Crippen molar-refractivity contribution in [3.05, 3.63) is 42.1 Å². The molecule has 104 valence electrons. The van der Waals surface area contributed by atoms with Crippen molar-refractivity contribution < 1.29 is 19.8 Å². The number of benzene rings is 1. The molecule has 3 N–H and O–H groups in total. The number of hydrogen-bond acceptors (Lipinski definition) is 4. The lowest BCUT2D eigenvalue weighted by Gasteiger charge is -2.11. The van der Waals surface area contributed by atoms with Crippen molar-refractivity contribution in [1.82, 2.24) is 10.3 Å². The Morgan fingerprint density at radius 1 is 1.20 bits per heavy atom. The second kappa shape index (κ2) is 6.12. The highest BCUT2D eigenvalue weighted by atomic mass is 16.4. The van der Waals surface area contributed by atoms with Crippen LogP contribution in [-0.2, 0) is 16.0 Å². The molecule has 6 nitrogen and oxygen atoms in total. The highest BCUT2D eigenvalue weighted by Crippen LogP contribution is 2.12. The van der Waals surface area contributed by atoms with Gasteiger partial charge >= 0.3 is 5.97 Å². The van der Waals surface area contributed by atoms with Gasteiger partial charge in [0.1, 0.15) is 6.04 Å². The maximum Gasteiger partial charge on any atom is 0.328 e. The highest BCUT2D eigenvalue weighted by Gasteiger charge is 2.18. The fourth-order valence-electron chi connectivity index (χ4n) is 1.80. The normalized spacial score (nSPS) is 12.1. The van der Waals surface area contributed by atoms with Crippen LogP contribution in [0.4, 0.5) is 0 Å². The molecule has 1 heterocycles. The molecule has 6 heteroatoms. The van der Waals surface area contributed by atoms with Crippen LogP contribution in [0.5, 0.6) is 0 Å². The number of para-hydroxylation sites is 1. The standard InChI is InChI=1S/C14H14N2O4/c17-8-12(14(19)20)16-13(18)7-10-6-5-9-3-1-2-4-11(9)15-10/h1-6,12,17H,7-8H2,(H,16,18)(H,19,20). The number of rotatable bonds is 5.